The van der Waals surface area contributed by atoms with Crippen molar-refractivity contribution in [3.8, 4) is 5.75 Å². The van der Waals surface area contributed by atoms with Gasteiger partial charge in [0.1, 0.15) is 16.3 Å². The van der Waals surface area contributed by atoms with Crippen LogP contribution in [0, 0.1) is 6.92 Å². The molecule has 2 aliphatic heterocycles. The van der Waals surface area contributed by atoms with Crippen LogP contribution >= 0.6 is 0 Å². The third kappa shape index (κ3) is 5.22. The van der Waals surface area contributed by atoms with Crippen LogP contribution < -0.4 is 4.74 Å². The van der Waals surface area contributed by atoms with Gasteiger partial charge in [-0.3, -0.25) is 9.69 Å². The number of rotatable bonds is 7. The van der Waals surface area contributed by atoms with Crippen LogP contribution in [0.4, 0.5) is 0 Å². The zero-order valence-corrected chi connectivity index (χ0v) is 21.0. The number of hydrogen-bond donors (Lipinski definition) is 0. The Morgan fingerprint density at radius 2 is 1.62 bits per heavy atom. The summed E-state index contributed by atoms with van der Waals surface area (Å²) in [5, 5.41) is 0. The molecule has 186 valence electrons. The van der Waals surface area contributed by atoms with E-state index in [4.69, 9.17) is 8.92 Å². The highest BCUT2D eigenvalue weighted by Crippen LogP contribution is 2.27. The molecule has 3 aromatic rings. The molecule has 9 heteroatoms. The molecule has 0 unspecified atom stereocenters. The molecule has 1 amide bonds. The molecule has 0 aromatic heterocycles. The highest BCUT2D eigenvalue weighted by Gasteiger charge is 2.36. The number of aryl methyl sites for hydroxylation is 1. The number of amides is 1. The molecular formula is C28H23N3O5S. The van der Waals surface area contributed by atoms with Gasteiger partial charge in [-0.05, 0) is 48.4 Å². The third-order valence-electron chi connectivity index (χ3n) is 5.77. The summed E-state index contributed by atoms with van der Waals surface area (Å²) in [5.41, 5.74) is 3.21. The van der Waals surface area contributed by atoms with Crippen molar-refractivity contribution in [3.63, 3.8) is 0 Å². The first kappa shape index (κ1) is 24.2. The summed E-state index contributed by atoms with van der Waals surface area (Å²) in [4.78, 5) is 23.6. The Morgan fingerprint density at radius 3 is 2.30 bits per heavy atom. The monoisotopic (exact) mass is 513 g/mol. The van der Waals surface area contributed by atoms with Crippen LogP contribution in [0.2, 0.25) is 0 Å². The summed E-state index contributed by atoms with van der Waals surface area (Å²) in [6.45, 7) is 1.86. The maximum atomic E-state index is 13.3. The van der Waals surface area contributed by atoms with Crippen LogP contribution in [0.3, 0.4) is 0 Å². The lowest BCUT2D eigenvalue weighted by Crippen LogP contribution is -2.37. The van der Waals surface area contributed by atoms with E-state index in [0.29, 0.717) is 23.7 Å². The highest BCUT2D eigenvalue weighted by atomic mass is 32.2. The largest absolute Gasteiger partial charge is 0.497 e. The molecular weight excluding hydrogens is 490 g/mol. The van der Waals surface area contributed by atoms with Crippen molar-refractivity contribution in [2.75, 3.05) is 7.11 Å². The summed E-state index contributed by atoms with van der Waals surface area (Å²) in [6, 6.07) is 23.0. The number of methoxy groups -OCH3 is 1. The minimum atomic E-state index is -4.17. The Kier molecular flexibility index (Phi) is 6.45. The van der Waals surface area contributed by atoms with Gasteiger partial charge in [0.15, 0.2) is 5.84 Å². The number of carbonyl (C=O) groups is 1. The van der Waals surface area contributed by atoms with Crippen molar-refractivity contribution < 1.29 is 22.1 Å². The number of fused-ring (bicyclic) bond motifs is 1. The molecule has 37 heavy (non-hydrogen) atoms. The predicted octanol–water partition coefficient (Wildman–Crippen LogP) is 4.49. The fourth-order valence-corrected chi connectivity index (χ4v) is 4.72. The first-order valence-corrected chi connectivity index (χ1v) is 12.9. The van der Waals surface area contributed by atoms with Crippen LogP contribution in [0.15, 0.2) is 112 Å². The van der Waals surface area contributed by atoms with Crippen molar-refractivity contribution in [2.24, 2.45) is 9.98 Å². The standard InChI is InChI=1S/C28H23N3O5S/c1-19-8-14-23(15-9-19)37(33,34)36-26-18-31-27(24(29-26)16-20-6-4-3-5-7-20)30-25(28(31)32)17-21-10-12-22(35-2)13-11-21/h3-15,17-18H,16H2,1-2H3/b25-17-. The van der Waals surface area contributed by atoms with Crippen molar-refractivity contribution in [1.29, 1.82) is 0 Å². The normalized spacial score (nSPS) is 16.2. The maximum absolute atomic E-state index is 13.3. The number of benzene rings is 3. The summed E-state index contributed by atoms with van der Waals surface area (Å²) < 4.78 is 36.4. The van der Waals surface area contributed by atoms with Gasteiger partial charge in [-0.25, -0.2) is 9.98 Å². The molecule has 0 aliphatic carbocycles. The van der Waals surface area contributed by atoms with E-state index in [1.807, 2.05) is 49.4 Å². The van der Waals surface area contributed by atoms with Gasteiger partial charge in [0.2, 0.25) is 0 Å². The van der Waals surface area contributed by atoms with Crippen LogP contribution in [-0.4, -0.2) is 37.9 Å². The Balaban J connectivity index is 1.51. The zero-order chi connectivity index (χ0) is 26.0. The van der Waals surface area contributed by atoms with Crippen LogP contribution in [0.5, 0.6) is 5.75 Å². The summed E-state index contributed by atoms with van der Waals surface area (Å²) in [7, 11) is -2.59. The molecule has 2 heterocycles. The summed E-state index contributed by atoms with van der Waals surface area (Å²) >= 11 is 0. The van der Waals surface area contributed by atoms with Gasteiger partial charge in [-0.1, -0.05) is 60.2 Å². The molecule has 0 N–H and O–H groups in total. The van der Waals surface area contributed by atoms with Gasteiger partial charge in [0.25, 0.3) is 11.8 Å². The van der Waals surface area contributed by atoms with E-state index in [2.05, 4.69) is 9.98 Å². The average Bonchev–Trinajstić information content (AvgIpc) is 3.20. The van der Waals surface area contributed by atoms with Crippen molar-refractivity contribution in [1.82, 2.24) is 4.90 Å². The number of aliphatic imine (C=N–C) groups is 2. The topological polar surface area (TPSA) is 97.6 Å². The van der Waals surface area contributed by atoms with E-state index < -0.39 is 16.0 Å². The van der Waals surface area contributed by atoms with Crippen molar-refractivity contribution in [2.45, 2.75) is 18.2 Å². The van der Waals surface area contributed by atoms with E-state index in [1.54, 1.807) is 37.5 Å². The number of nitrogens with zero attached hydrogens (tertiary/aromatic N) is 3. The number of hydrogen-bond acceptors (Lipinski definition) is 7. The molecule has 0 bridgehead atoms. The smallest absolute Gasteiger partial charge is 0.340 e. The third-order valence-corrected chi connectivity index (χ3v) is 7.01. The van der Waals surface area contributed by atoms with E-state index >= 15 is 0 Å². The Bertz CT molecular complexity index is 1570. The Labute approximate surface area is 215 Å². The first-order chi connectivity index (χ1) is 17.8. The highest BCUT2D eigenvalue weighted by molar-refractivity contribution is 7.86. The minimum Gasteiger partial charge on any atom is -0.497 e. The number of amidine groups is 1. The van der Waals surface area contributed by atoms with Gasteiger partial charge in [-0.2, -0.15) is 8.42 Å². The van der Waals surface area contributed by atoms with Gasteiger partial charge in [-0.15, -0.1) is 0 Å². The second kappa shape index (κ2) is 9.87. The second-order valence-corrected chi connectivity index (χ2v) is 10.00. The van der Waals surface area contributed by atoms with Crippen LogP contribution in [0.1, 0.15) is 16.7 Å². The first-order valence-electron chi connectivity index (χ1n) is 11.5. The Hall–Kier alpha value is -4.50. The van der Waals surface area contributed by atoms with Crippen LogP contribution in [0.25, 0.3) is 6.08 Å². The SMILES string of the molecule is COc1ccc(/C=C2\N=C3C(Cc4ccccc4)=NC(OS(=O)(=O)c4ccc(C)cc4)=CN3C2=O)cc1. The zero-order valence-electron chi connectivity index (χ0n) is 20.2. The fourth-order valence-electron chi connectivity index (χ4n) is 3.85. The second-order valence-electron chi connectivity index (χ2n) is 8.45. The van der Waals surface area contributed by atoms with E-state index in [-0.39, 0.29) is 16.5 Å². The molecule has 0 saturated carbocycles. The molecule has 0 saturated heterocycles. The van der Waals surface area contributed by atoms with Crippen LogP contribution in [-0.2, 0) is 25.5 Å². The molecule has 8 nitrogen and oxygen atoms in total. The van der Waals surface area contributed by atoms with Crippen molar-refractivity contribution in [3.05, 3.63) is 113 Å². The van der Waals surface area contributed by atoms with Gasteiger partial charge in [0, 0.05) is 6.42 Å². The number of ether oxygens (including phenoxy) is 1. The van der Waals surface area contributed by atoms with Gasteiger partial charge >= 0.3 is 10.1 Å². The molecule has 0 fully saturated rings. The van der Waals surface area contributed by atoms with E-state index in [9.17, 15) is 13.2 Å². The van der Waals surface area contributed by atoms with E-state index in [0.717, 1.165) is 16.7 Å². The number of carbonyl (C=O) groups excluding carboxylic acids is 1. The van der Waals surface area contributed by atoms with Gasteiger partial charge in [0.05, 0.1) is 19.0 Å². The molecule has 0 radical (unpaired) electrons. The maximum Gasteiger partial charge on any atom is 0.340 e. The van der Waals surface area contributed by atoms with E-state index in [1.165, 1.54) is 23.2 Å². The average molecular weight is 514 g/mol. The van der Waals surface area contributed by atoms with Crippen molar-refractivity contribution >= 4 is 33.6 Å². The fraction of sp³-hybridized carbons (Fsp3) is 0.107. The molecule has 0 atom stereocenters. The predicted molar refractivity (Wildman–Crippen MR) is 140 cm³/mol. The summed E-state index contributed by atoms with van der Waals surface area (Å²) in [6.07, 6.45) is 3.24. The molecule has 2 aliphatic rings. The lowest BCUT2D eigenvalue weighted by Gasteiger charge is -2.21. The Morgan fingerprint density at radius 1 is 0.919 bits per heavy atom. The quantitative estimate of drug-likeness (QED) is 0.343. The summed E-state index contributed by atoms with van der Waals surface area (Å²) in [5.74, 6) is 0.388. The molecule has 0 spiro atoms. The lowest BCUT2D eigenvalue weighted by molar-refractivity contribution is -0.121. The lowest BCUT2D eigenvalue weighted by atomic mass is 10.1. The molecule has 5 rings (SSSR count). The molecule has 3 aromatic carbocycles. The van der Waals surface area contributed by atoms with Gasteiger partial charge < -0.3 is 8.92 Å². The minimum absolute atomic E-state index is 0.00823.